The first kappa shape index (κ1) is 16.9. The molecule has 0 amide bonds. The standard InChI is InChI=1S/C14H30N2O3/c1-17-9-7-16(8-10-18-2)14(12-15)6-4-5-13(11-14)19-3/h13H,4-12,15H2,1-3H3. The van der Waals surface area contributed by atoms with Gasteiger partial charge in [0.25, 0.3) is 0 Å². The summed E-state index contributed by atoms with van der Waals surface area (Å²) in [6.45, 7) is 3.91. The van der Waals surface area contributed by atoms with Gasteiger partial charge < -0.3 is 19.9 Å². The predicted octanol–water partition coefficient (Wildman–Crippen LogP) is 0.868. The van der Waals surface area contributed by atoms with Crippen LogP contribution in [0, 0.1) is 0 Å². The first-order valence-electron chi connectivity index (χ1n) is 7.18. The van der Waals surface area contributed by atoms with Gasteiger partial charge in [0.2, 0.25) is 0 Å². The van der Waals surface area contributed by atoms with E-state index >= 15 is 0 Å². The number of hydrogen-bond donors (Lipinski definition) is 1. The largest absolute Gasteiger partial charge is 0.383 e. The maximum Gasteiger partial charge on any atom is 0.0589 e. The molecule has 114 valence electrons. The van der Waals surface area contributed by atoms with Crippen LogP contribution in [-0.2, 0) is 14.2 Å². The van der Waals surface area contributed by atoms with Gasteiger partial charge in [-0.15, -0.1) is 0 Å². The van der Waals surface area contributed by atoms with Crippen LogP contribution >= 0.6 is 0 Å². The van der Waals surface area contributed by atoms with Crippen LogP contribution in [-0.4, -0.2) is 70.7 Å². The highest BCUT2D eigenvalue weighted by Crippen LogP contribution is 2.34. The molecule has 5 nitrogen and oxygen atoms in total. The molecule has 1 saturated carbocycles. The van der Waals surface area contributed by atoms with E-state index < -0.39 is 0 Å². The van der Waals surface area contributed by atoms with E-state index in [1.807, 2.05) is 0 Å². The van der Waals surface area contributed by atoms with Crippen molar-refractivity contribution in [3.8, 4) is 0 Å². The van der Waals surface area contributed by atoms with Crippen molar-refractivity contribution in [2.45, 2.75) is 37.3 Å². The van der Waals surface area contributed by atoms with Gasteiger partial charge >= 0.3 is 0 Å². The molecule has 0 aliphatic heterocycles. The first-order chi connectivity index (χ1) is 9.22. The van der Waals surface area contributed by atoms with Crippen molar-refractivity contribution in [1.82, 2.24) is 4.90 Å². The number of nitrogens with zero attached hydrogens (tertiary/aromatic N) is 1. The van der Waals surface area contributed by atoms with Crippen LogP contribution in [0.3, 0.4) is 0 Å². The Hall–Kier alpha value is -0.200. The summed E-state index contributed by atoms with van der Waals surface area (Å²) in [4.78, 5) is 2.44. The Morgan fingerprint density at radius 1 is 1.16 bits per heavy atom. The third-order valence-electron chi connectivity index (χ3n) is 4.29. The summed E-state index contributed by atoms with van der Waals surface area (Å²) in [6.07, 6.45) is 4.78. The van der Waals surface area contributed by atoms with Crippen LogP contribution in [0.1, 0.15) is 25.7 Å². The average Bonchev–Trinajstić information content (AvgIpc) is 2.47. The molecule has 5 heteroatoms. The van der Waals surface area contributed by atoms with Gasteiger partial charge in [0.05, 0.1) is 19.3 Å². The lowest BCUT2D eigenvalue weighted by molar-refractivity contribution is -0.0367. The summed E-state index contributed by atoms with van der Waals surface area (Å²) in [6, 6.07) is 0. The summed E-state index contributed by atoms with van der Waals surface area (Å²) in [5.41, 5.74) is 6.16. The van der Waals surface area contributed by atoms with Crippen molar-refractivity contribution in [3.05, 3.63) is 0 Å². The van der Waals surface area contributed by atoms with E-state index in [9.17, 15) is 0 Å². The fourth-order valence-corrected chi connectivity index (χ4v) is 3.08. The van der Waals surface area contributed by atoms with E-state index in [2.05, 4.69) is 4.90 Å². The van der Waals surface area contributed by atoms with Gasteiger partial charge in [-0.25, -0.2) is 0 Å². The lowest BCUT2D eigenvalue weighted by Gasteiger charge is -2.48. The van der Waals surface area contributed by atoms with E-state index in [-0.39, 0.29) is 5.54 Å². The van der Waals surface area contributed by atoms with Gasteiger partial charge in [0.1, 0.15) is 0 Å². The third-order valence-corrected chi connectivity index (χ3v) is 4.29. The Balaban J connectivity index is 2.73. The monoisotopic (exact) mass is 274 g/mol. The van der Waals surface area contributed by atoms with Crippen LogP contribution in [0.2, 0.25) is 0 Å². The van der Waals surface area contributed by atoms with Gasteiger partial charge in [-0.05, 0) is 25.7 Å². The van der Waals surface area contributed by atoms with Crippen LogP contribution in [0.15, 0.2) is 0 Å². The Morgan fingerprint density at radius 3 is 2.26 bits per heavy atom. The molecule has 2 N–H and O–H groups in total. The lowest BCUT2D eigenvalue weighted by Crippen LogP contribution is -2.59. The highest BCUT2D eigenvalue weighted by molar-refractivity contribution is 4.97. The molecule has 0 aromatic rings. The van der Waals surface area contributed by atoms with Crippen LogP contribution < -0.4 is 5.73 Å². The Morgan fingerprint density at radius 2 is 1.79 bits per heavy atom. The summed E-state index contributed by atoms with van der Waals surface area (Å²) in [5.74, 6) is 0. The summed E-state index contributed by atoms with van der Waals surface area (Å²) >= 11 is 0. The van der Waals surface area contributed by atoms with Gasteiger partial charge in [0, 0.05) is 46.5 Å². The minimum absolute atomic E-state index is 0.0377. The van der Waals surface area contributed by atoms with Crippen molar-refractivity contribution in [3.63, 3.8) is 0 Å². The third kappa shape index (κ3) is 4.68. The normalized spacial score (nSPS) is 27.9. The molecule has 0 spiro atoms. The molecule has 19 heavy (non-hydrogen) atoms. The van der Waals surface area contributed by atoms with Gasteiger partial charge in [-0.3, -0.25) is 4.90 Å². The quantitative estimate of drug-likeness (QED) is 0.676. The molecule has 0 saturated heterocycles. The fourth-order valence-electron chi connectivity index (χ4n) is 3.08. The number of hydrogen-bond acceptors (Lipinski definition) is 5. The van der Waals surface area contributed by atoms with Gasteiger partial charge in [-0.1, -0.05) is 0 Å². The van der Waals surface area contributed by atoms with E-state index in [0.717, 1.165) is 45.6 Å². The highest BCUT2D eigenvalue weighted by Gasteiger charge is 2.40. The molecule has 1 rings (SSSR count). The maximum atomic E-state index is 6.12. The lowest BCUT2D eigenvalue weighted by atomic mass is 9.78. The molecule has 1 aliphatic carbocycles. The Kier molecular flexibility index (Phi) is 7.87. The highest BCUT2D eigenvalue weighted by atomic mass is 16.5. The second-order valence-corrected chi connectivity index (χ2v) is 5.36. The summed E-state index contributed by atoms with van der Waals surface area (Å²) < 4.78 is 16.0. The average molecular weight is 274 g/mol. The van der Waals surface area contributed by atoms with Crippen molar-refractivity contribution in [1.29, 1.82) is 0 Å². The minimum Gasteiger partial charge on any atom is -0.383 e. The molecule has 0 aromatic heterocycles. The zero-order valence-corrected chi connectivity index (χ0v) is 12.7. The van der Waals surface area contributed by atoms with E-state index in [1.54, 1.807) is 21.3 Å². The van der Waals surface area contributed by atoms with Crippen LogP contribution in [0.5, 0.6) is 0 Å². The van der Waals surface area contributed by atoms with E-state index in [1.165, 1.54) is 6.42 Å². The molecule has 0 heterocycles. The fraction of sp³-hybridized carbons (Fsp3) is 1.00. The maximum absolute atomic E-state index is 6.12. The zero-order valence-electron chi connectivity index (χ0n) is 12.7. The molecule has 1 fully saturated rings. The van der Waals surface area contributed by atoms with Crippen molar-refractivity contribution >= 4 is 0 Å². The van der Waals surface area contributed by atoms with Crippen LogP contribution in [0.25, 0.3) is 0 Å². The number of nitrogens with two attached hydrogens (primary N) is 1. The molecule has 2 atom stereocenters. The molecule has 0 aromatic carbocycles. The number of rotatable bonds is 9. The Labute approximate surface area is 117 Å². The van der Waals surface area contributed by atoms with Crippen LogP contribution in [0.4, 0.5) is 0 Å². The smallest absolute Gasteiger partial charge is 0.0589 e. The molecule has 2 unspecified atom stereocenters. The number of methoxy groups -OCH3 is 3. The van der Waals surface area contributed by atoms with Crippen molar-refractivity contribution < 1.29 is 14.2 Å². The Bertz CT molecular complexity index is 233. The predicted molar refractivity (Wildman–Crippen MR) is 76.4 cm³/mol. The first-order valence-corrected chi connectivity index (χ1v) is 7.18. The minimum atomic E-state index is 0.0377. The topological polar surface area (TPSA) is 57.0 Å². The van der Waals surface area contributed by atoms with Gasteiger partial charge in [-0.2, -0.15) is 0 Å². The zero-order chi connectivity index (χ0) is 14.1. The van der Waals surface area contributed by atoms with Crippen molar-refractivity contribution in [2.75, 3.05) is 54.2 Å². The molecular formula is C14H30N2O3. The SMILES string of the molecule is COCCN(CCOC)C1(CN)CCCC(OC)C1. The number of ether oxygens (including phenoxy) is 3. The van der Waals surface area contributed by atoms with Crippen molar-refractivity contribution in [2.24, 2.45) is 5.73 Å². The summed E-state index contributed by atoms with van der Waals surface area (Å²) in [7, 11) is 5.27. The van der Waals surface area contributed by atoms with E-state index in [4.69, 9.17) is 19.9 Å². The van der Waals surface area contributed by atoms with E-state index in [0.29, 0.717) is 12.6 Å². The molecule has 0 radical (unpaired) electrons. The molecule has 0 bridgehead atoms. The molecular weight excluding hydrogens is 244 g/mol. The molecule has 1 aliphatic rings. The van der Waals surface area contributed by atoms with Gasteiger partial charge in [0.15, 0.2) is 0 Å². The summed E-state index contributed by atoms with van der Waals surface area (Å²) in [5, 5.41) is 0. The second kappa shape index (κ2) is 8.87. The second-order valence-electron chi connectivity index (χ2n) is 5.36.